The van der Waals surface area contributed by atoms with Gasteiger partial charge in [-0.1, -0.05) is 6.20 Å². The first kappa shape index (κ1) is 8.55. The topological polar surface area (TPSA) is 22.1 Å². The summed E-state index contributed by atoms with van der Waals surface area (Å²) in [7, 11) is 1.59. The fourth-order valence-electron chi connectivity index (χ4n) is 0.425. The minimum absolute atomic E-state index is 0. The van der Waals surface area contributed by atoms with E-state index in [0.29, 0.717) is 5.75 Å². The second kappa shape index (κ2) is 4.43. The number of rotatable bonds is 1. The average Bonchev–Trinajstić information content (AvgIpc) is 1.90. The van der Waals surface area contributed by atoms with Crippen LogP contribution in [0, 0.1) is 6.20 Å². The summed E-state index contributed by atoms with van der Waals surface area (Å²) < 4.78 is 4.80. The van der Waals surface area contributed by atoms with Gasteiger partial charge in [0.25, 0.3) is 0 Å². The van der Waals surface area contributed by atoms with E-state index in [4.69, 9.17) is 4.74 Å². The summed E-state index contributed by atoms with van der Waals surface area (Å²) in [6.07, 6.45) is 4.30. The Labute approximate surface area is 66.4 Å². The van der Waals surface area contributed by atoms with Crippen molar-refractivity contribution in [1.82, 2.24) is 4.98 Å². The first-order valence-electron chi connectivity index (χ1n) is 2.30. The fourth-order valence-corrected chi connectivity index (χ4v) is 0.425. The van der Waals surface area contributed by atoms with Crippen LogP contribution in [0.4, 0.5) is 0 Å². The molecule has 0 bridgehead atoms. The van der Waals surface area contributed by atoms with Crippen LogP contribution in [0.15, 0.2) is 18.3 Å². The van der Waals surface area contributed by atoms with E-state index in [1.807, 2.05) is 0 Å². The van der Waals surface area contributed by atoms with Gasteiger partial charge in [-0.15, -0.1) is 6.07 Å². The van der Waals surface area contributed by atoms with E-state index in [0.717, 1.165) is 0 Å². The van der Waals surface area contributed by atoms with E-state index in [9.17, 15) is 0 Å². The van der Waals surface area contributed by atoms with E-state index in [-0.39, 0.29) is 18.9 Å². The minimum atomic E-state index is 0. The summed E-state index contributed by atoms with van der Waals surface area (Å²) in [5.74, 6) is 0.674. The predicted octanol–water partition coefficient (Wildman–Crippen LogP) is -2.11. The number of hydrogen-bond donors (Lipinski definition) is 0. The van der Waals surface area contributed by atoms with Crippen molar-refractivity contribution < 1.29 is 23.6 Å². The first-order chi connectivity index (χ1) is 3.93. The van der Waals surface area contributed by atoms with Crippen molar-refractivity contribution in [2.75, 3.05) is 7.11 Å². The molecule has 1 aromatic heterocycles. The molecule has 0 saturated heterocycles. The fraction of sp³-hybridized carbons (Fsp3) is 0.167. The van der Waals surface area contributed by atoms with E-state index >= 15 is 0 Å². The van der Waals surface area contributed by atoms with Gasteiger partial charge in [-0.25, -0.2) is 0 Å². The van der Waals surface area contributed by atoms with Crippen LogP contribution in [-0.2, 0) is 0 Å². The quantitative estimate of drug-likeness (QED) is 0.309. The Balaban J connectivity index is 0.000000640. The van der Waals surface area contributed by atoms with Gasteiger partial charge < -0.3 is 9.72 Å². The van der Waals surface area contributed by atoms with Gasteiger partial charge in [0, 0.05) is 5.75 Å². The Morgan fingerprint density at radius 2 is 2.44 bits per heavy atom. The van der Waals surface area contributed by atoms with Crippen molar-refractivity contribution in [3.8, 4) is 5.75 Å². The molecule has 0 radical (unpaired) electrons. The summed E-state index contributed by atoms with van der Waals surface area (Å²) in [4.78, 5) is 3.71. The van der Waals surface area contributed by atoms with Crippen molar-refractivity contribution >= 4 is 0 Å². The molecule has 1 rings (SSSR count). The molecule has 2 nitrogen and oxygen atoms in total. The van der Waals surface area contributed by atoms with E-state index < -0.39 is 0 Å². The largest absolute Gasteiger partial charge is 1.00 e. The molecular weight excluding hydrogens is 109 g/mol. The molecule has 0 spiro atoms. The number of methoxy groups -OCH3 is 1. The molecule has 42 valence electrons. The number of nitrogens with zero attached hydrogens (tertiary/aromatic N) is 1. The number of hydrogen-bond acceptors (Lipinski definition) is 2. The van der Waals surface area contributed by atoms with Gasteiger partial charge in [0.15, 0.2) is 0 Å². The van der Waals surface area contributed by atoms with Crippen LogP contribution >= 0.6 is 0 Å². The Bertz CT molecular complexity index is 154. The molecule has 0 aliphatic heterocycles. The van der Waals surface area contributed by atoms with Gasteiger partial charge in [0.05, 0.1) is 7.11 Å². The zero-order valence-corrected chi connectivity index (χ0v) is 5.59. The van der Waals surface area contributed by atoms with Crippen molar-refractivity contribution in [3.05, 3.63) is 24.5 Å². The van der Waals surface area contributed by atoms with Gasteiger partial charge in [0.1, 0.15) is 0 Å². The van der Waals surface area contributed by atoms with Gasteiger partial charge in [-0.3, -0.25) is 0 Å². The number of ether oxygens (including phenoxy) is 1. The van der Waals surface area contributed by atoms with Crippen molar-refractivity contribution in [2.24, 2.45) is 0 Å². The Morgan fingerprint density at radius 1 is 1.67 bits per heavy atom. The van der Waals surface area contributed by atoms with Gasteiger partial charge in [0.2, 0.25) is 0 Å². The van der Waals surface area contributed by atoms with Gasteiger partial charge >= 0.3 is 18.9 Å². The molecule has 0 N–H and O–H groups in total. The molecule has 0 aliphatic rings. The Morgan fingerprint density at radius 3 is 2.78 bits per heavy atom. The average molecular weight is 115 g/mol. The van der Waals surface area contributed by atoms with Gasteiger partial charge in [-0.2, -0.15) is 6.07 Å². The zero-order chi connectivity index (χ0) is 5.82. The van der Waals surface area contributed by atoms with Crippen LogP contribution in [0.25, 0.3) is 0 Å². The van der Waals surface area contributed by atoms with E-state index in [1.165, 1.54) is 0 Å². The molecule has 0 fully saturated rings. The predicted molar refractivity (Wildman–Crippen MR) is 29.6 cm³/mol. The molecule has 0 amide bonds. The summed E-state index contributed by atoms with van der Waals surface area (Å²) in [5, 5.41) is 0. The Kier molecular flexibility index (Phi) is 4.21. The monoisotopic (exact) mass is 115 g/mol. The van der Waals surface area contributed by atoms with Crippen molar-refractivity contribution in [2.45, 2.75) is 0 Å². The van der Waals surface area contributed by atoms with Crippen LogP contribution in [-0.4, -0.2) is 12.1 Å². The van der Waals surface area contributed by atoms with Crippen LogP contribution in [0.2, 0.25) is 0 Å². The third kappa shape index (κ3) is 2.55. The summed E-state index contributed by atoms with van der Waals surface area (Å²) in [6, 6.07) is 3.60. The molecule has 1 heterocycles. The molecule has 0 aliphatic carbocycles. The maximum Gasteiger partial charge on any atom is 1.00 e. The van der Waals surface area contributed by atoms with Crippen molar-refractivity contribution in [1.29, 1.82) is 0 Å². The smallest absolute Gasteiger partial charge is 0.521 e. The third-order valence-electron chi connectivity index (χ3n) is 0.803. The van der Waals surface area contributed by atoms with Gasteiger partial charge in [-0.05, 0) is 6.20 Å². The second-order valence-corrected chi connectivity index (χ2v) is 1.32. The number of pyridine rings is 1. The number of aromatic nitrogens is 1. The zero-order valence-electron chi connectivity index (χ0n) is 5.59. The SMILES string of the molecule is COc1[c-]nccc1.[Li+]. The molecule has 0 aromatic carbocycles. The van der Waals surface area contributed by atoms with Crippen LogP contribution in [0.3, 0.4) is 0 Å². The molecule has 0 unspecified atom stereocenters. The second-order valence-electron chi connectivity index (χ2n) is 1.32. The summed E-state index contributed by atoms with van der Waals surface area (Å²) >= 11 is 0. The van der Waals surface area contributed by atoms with Crippen LogP contribution in [0.1, 0.15) is 0 Å². The van der Waals surface area contributed by atoms with Crippen LogP contribution in [0.5, 0.6) is 5.75 Å². The molecule has 3 heteroatoms. The molecule has 9 heavy (non-hydrogen) atoms. The van der Waals surface area contributed by atoms with Crippen LogP contribution < -0.4 is 23.6 Å². The van der Waals surface area contributed by atoms with E-state index in [2.05, 4.69) is 11.2 Å². The maximum atomic E-state index is 4.80. The molecule has 0 atom stereocenters. The third-order valence-corrected chi connectivity index (χ3v) is 0.803. The van der Waals surface area contributed by atoms with E-state index in [1.54, 1.807) is 25.4 Å². The first-order valence-corrected chi connectivity index (χ1v) is 2.30. The minimum Gasteiger partial charge on any atom is -0.521 e. The standard InChI is InChI=1S/C6H6NO.Li/c1-8-6-3-2-4-7-5-6;/h2-4H,1H3;/q-1;+1. The summed E-state index contributed by atoms with van der Waals surface area (Å²) in [5.41, 5.74) is 0. The normalized spacial score (nSPS) is 7.67. The summed E-state index contributed by atoms with van der Waals surface area (Å²) in [6.45, 7) is 0. The van der Waals surface area contributed by atoms with Crippen molar-refractivity contribution in [3.63, 3.8) is 0 Å². The maximum absolute atomic E-state index is 4.80. The molecular formula is C6H6LiNO. The molecule has 1 aromatic rings. The Hall–Kier alpha value is -0.453. The molecule has 0 saturated carbocycles.